The molecule has 0 unspecified atom stereocenters. The summed E-state index contributed by atoms with van der Waals surface area (Å²) in [6, 6.07) is 28.5. The number of allylic oxidation sites excluding steroid dienone is 2. The lowest BCUT2D eigenvalue weighted by molar-refractivity contribution is 1.30. The minimum absolute atomic E-state index is 1.02. The normalized spacial score (nSPS) is 17.7. The predicted molar refractivity (Wildman–Crippen MR) is 127 cm³/mol. The first-order valence-electron chi connectivity index (χ1n) is 9.89. The van der Waals surface area contributed by atoms with Gasteiger partial charge in [0.1, 0.15) is 0 Å². The average Bonchev–Trinajstić information content (AvgIpc) is 3.10. The molecule has 3 aromatic rings. The number of aryl methyl sites for hydroxylation is 2. The van der Waals surface area contributed by atoms with Gasteiger partial charge in [-0.05, 0) is 47.4 Å². The Morgan fingerprint density at radius 3 is 1.71 bits per heavy atom. The average molecular weight is 388 g/mol. The van der Waals surface area contributed by atoms with Crippen molar-refractivity contribution in [2.45, 2.75) is 25.4 Å². The van der Waals surface area contributed by atoms with Crippen LogP contribution in [0, 0.1) is 13.8 Å². The molecule has 1 N–H and O–H groups in total. The van der Waals surface area contributed by atoms with Crippen molar-refractivity contribution in [2.24, 2.45) is 0 Å². The van der Waals surface area contributed by atoms with Crippen LogP contribution in [0.3, 0.4) is 0 Å². The Labute approximate surface area is 169 Å². The van der Waals surface area contributed by atoms with Gasteiger partial charge in [0.15, 0.2) is 0 Å². The Balaban J connectivity index is 1.83. The standard InChI is InChI=1S/C26H29NS/c1-22-15-16-26(23(2)19-22)27-28(17-9-10-18-28,20-24-11-5-3-6-12-24)21-25-13-7-4-8-14-25/h3-19,27-28H,20-21H2,1-2H3. The summed E-state index contributed by atoms with van der Waals surface area (Å²) in [5.41, 5.74) is 6.61. The van der Waals surface area contributed by atoms with Crippen LogP contribution >= 0.6 is 9.35 Å². The summed E-state index contributed by atoms with van der Waals surface area (Å²) in [5, 5.41) is 4.95. The number of benzene rings is 3. The summed E-state index contributed by atoms with van der Waals surface area (Å²) in [4.78, 5) is 0. The number of thiol groups is 1. The quantitative estimate of drug-likeness (QED) is 0.428. The summed E-state index contributed by atoms with van der Waals surface area (Å²) >= 11 is 0. The fraction of sp³-hybridized carbons (Fsp3) is 0.154. The summed E-state index contributed by atoms with van der Waals surface area (Å²) < 4.78 is 4.12. The summed E-state index contributed by atoms with van der Waals surface area (Å²) in [5.74, 6) is 2.03. The molecule has 144 valence electrons. The lowest BCUT2D eigenvalue weighted by Crippen LogP contribution is -2.26. The number of hydrogen-bond donors (Lipinski definition) is 2. The molecule has 4 rings (SSSR count). The highest BCUT2D eigenvalue weighted by Crippen LogP contribution is 2.77. The van der Waals surface area contributed by atoms with Gasteiger partial charge in [-0.15, -0.1) is 0 Å². The van der Waals surface area contributed by atoms with Crippen molar-refractivity contribution < 1.29 is 0 Å². The lowest BCUT2D eigenvalue weighted by Gasteiger charge is -2.58. The fourth-order valence-electron chi connectivity index (χ4n) is 4.28. The van der Waals surface area contributed by atoms with Gasteiger partial charge in [0.05, 0.1) is 0 Å². The molecule has 3 aromatic carbocycles. The van der Waals surface area contributed by atoms with E-state index in [0.29, 0.717) is 0 Å². The van der Waals surface area contributed by atoms with Gasteiger partial charge in [0, 0.05) is 17.2 Å². The minimum atomic E-state index is -2.57. The molecule has 0 fully saturated rings. The zero-order valence-corrected chi connectivity index (χ0v) is 17.6. The van der Waals surface area contributed by atoms with E-state index in [1.165, 1.54) is 27.9 Å². The molecule has 1 aliphatic heterocycles. The topological polar surface area (TPSA) is 12.0 Å². The molecule has 0 bridgehead atoms. The molecule has 1 nitrogen and oxygen atoms in total. The number of anilines is 1. The van der Waals surface area contributed by atoms with Gasteiger partial charge in [-0.2, -0.15) is 9.35 Å². The molecule has 0 spiro atoms. The first-order valence-corrected chi connectivity index (χ1v) is 12.6. The van der Waals surface area contributed by atoms with Crippen molar-refractivity contribution in [1.82, 2.24) is 0 Å². The van der Waals surface area contributed by atoms with E-state index in [9.17, 15) is 0 Å². The molecule has 1 heterocycles. The number of nitrogens with one attached hydrogen (secondary N) is 1. The van der Waals surface area contributed by atoms with E-state index >= 15 is 0 Å². The zero-order chi connectivity index (χ0) is 19.5. The highest BCUT2D eigenvalue weighted by Gasteiger charge is 2.38. The molecular weight excluding hydrogens is 358 g/mol. The van der Waals surface area contributed by atoms with Crippen molar-refractivity contribution in [3.63, 3.8) is 0 Å². The van der Waals surface area contributed by atoms with Crippen molar-refractivity contribution in [3.8, 4) is 0 Å². The predicted octanol–water partition coefficient (Wildman–Crippen LogP) is 7.14. The maximum absolute atomic E-state index is 4.12. The summed E-state index contributed by atoms with van der Waals surface area (Å²) in [7, 11) is -2.57. The van der Waals surface area contributed by atoms with Crippen LogP contribution in [0.4, 0.5) is 5.69 Å². The van der Waals surface area contributed by atoms with Crippen LogP contribution < -0.4 is 4.72 Å². The van der Waals surface area contributed by atoms with Crippen LogP contribution in [-0.2, 0) is 11.5 Å². The van der Waals surface area contributed by atoms with Gasteiger partial charge < -0.3 is 4.72 Å². The van der Waals surface area contributed by atoms with Gasteiger partial charge in [0.25, 0.3) is 0 Å². The molecule has 28 heavy (non-hydrogen) atoms. The Kier molecular flexibility index (Phi) is 4.91. The Morgan fingerprint density at radius 2 is 1.21 bits per heavy atom. The molecule has 1 aliphatic rings. The molecule has 0 radical (unpaired) electrons. The van der Waals surface area contributed by atoms with Crippen molar-refractivity contribution >= 4 is 15.0 Å². The molecular formula is C26H29NS. The number of rotatable bonds is 6. The summed E-state index contributed by atoms with van der Waals surface area (Å²) in [6.45, 7) is 4.36. The number of hydrogen-bond acceptors (Lipinski definition) is 1. The SMILES string of the molecule is Cc1ccc(N[SH]2(Cc3ccccc3)(Cc3ccccc3)C=CC=C2)c(C)c1. The minimum Gasteiger partial charge on any atom is -0.357 e. The molecule has 2 heteroatoms. The first kappa shape index (κ1) is 18.6. The largest absolute Gasteiger partial charge is 0.357 e. The van der Waals surface area contributed by atoms with E-state index < -0.39 is 9.35 Å². The Hall–Kier alpha value is -2.71. The third kappa shape index (κ3) is 3.79. The summed E-state index contributed by atoms with van der Waals surface area (Å²) in [6.07, 6.45) is 4.47. The van der Waals surface area contributed by atoms with Gasteiger partial charge in [0.2, 0.25) is 0 Å². The van der Waals surface area contributed by atoms with Gasteiger partial charge in [-0.1, -0.05) is 90.5 Å². The third-order valence-electron chi connectivity index (χ3n) is 5.61. The van der Waals surface area contributed by atoms with Gasteiger partial charge in [-0.25, -0.2) is 0 Å². The third-order valence-corrected chi connectivity index (χ3v) is 10.5. The monoisotopic (exact) mass is 387 g/mol. The highest BCUT2D eigenvalue weighted by molar-refractivity contribution is 8.53. The second-order valence-electron chi connectivity index (χ2n) is 8.08. The highest BCUT2D eigenvalue weighted by atomic mass is 32.3. The second-order valence-corrected chi connectivity index (χ2v) is 12.9. The van der Waals surface area contributed by atoms with Crippen LogP contribution in [-0.4, -0.2) is 0 Å². The molecule has 0 aromatic heterocycles. The molecule has 0 atom stereocenters. The van der Waals surface area contributed by atoms with Gasteiger partial charge in [-0.3, -0.25) is 0 Å². The van der Waals surface area contributed by atoms with Crippen molar-refractivity contribution in [3.05, 3.63) is 124 Å². The molecule has 0 saturated carbocycles. The Morgan fingerprint density at radius 1 is 0.679 bits per heavy atom. The van der Waals surface area contributed by atoms with Crippen molar-refractivity contribution in [2.75, 3.05) is 4.72 Å². The zero-order valence-electron chi connectivity index (χ0n) is 16.7. The molecule has 0 saturated heterocycles. The first-order chi connectivity index (χ1) is 13.6. The van der Waals surface area contributed by atoms with E-state index in [1.807, 2.05) is 0 Å². The van der Waals surface area contributed by atoms with E-state index in [2.05, 4.69) is 120 Å². The van der Waals surface area contributed by atoms with E-state index in [0.717, 1.165) is 11.5 Å². The maximum Gasteiger partial charge on any atom is 0.0447 e. The molecule has 0 amide bonds. The van der Waals surface area contributed by atoms with E-state index in [4.69, 9.17) is 0 Å². The van der Waals surface area contributed by atoms with E-state index in [1.54, 1.807) is 0 Å². The lowest BCUT2D eigenvalue weighted by atomic mass is 10.1. The van der Waals surface area contributed by atoms with E-state index in [-0.39, 0.29) is 0 Å². The smallest absolute Gasteiger partial charge is 0.0447 e. The van der Waals surface area contributed by atoms with Crippen LogP contribution in [0.1, 0.15) is 22.3 Å². The Bertz CT molecular complexity index is 961. The molecule has 0 aliphatic carbocycles. The van der Waals surface area contributed by atoms with Crippen LogP contribution in [0.5, 0.6) is 0 Å². The second kappa shape index (κ2) is 7.37. The van der Waals surface area contributed by atoms with Crippen LogP contribution in [0.15, 0.2) is 102 Å². The fourth-order valence-corrected chi connectivity index (χ4v) is 9.29. The van der Waals surface area contributed by atoms with Crippen LogP contribution in [0.2, 0.25) is 0 Å². The van der Waals surface area contributed by atoms with Crippen LogP contribution in [0.25, 0.3) is 0 Å². The maximum atomic E-state index is 4.12. The van der Waals surface area contributed by atoms with Gasteiger partial charge >= 0.3 is 0 Å². The van der Waals surface area contributed by atoms with Crippen molar-refractivity contribution in [1.29, 1.82) is 0 Å².